The molecular formula is C33H33F4N3O4S2. The predicted molar refractivity (Wildman–Crippen MR) is 175 cm³/mol. The molecule has 1 aliphatic rings. The highest BCUT2D eigenvalue weighted by atomic mass is 32.1. The van der Waals surface area contributed by atoms with E-state index in [1.54, 1.807) is 25.5 Å². The fraction of sp³-hybridized carbons (Fsp3) is 0.273. The topological polar surface area (TPSA) is 81.5 Å². The van der Waals surface area contributed by atoms with Crippen LogP contribution in [0.5, 0.6) is 0 Å². The van der Waals surface area contributed by atoms with Gasteiger partial charge in [0.2, 0.25) is 5.91 Å². The maximum absolute atomic E-state index is 14.8. The molecule has 0 aliphatic carbocycles. The zero-order chi connectivity index (χ0) is 31.8. The number of nitrogens with zero attached hydrogens (tertiary/aromatic N) is 3. The molecule has 0 saturated heterocycles. The van der Waals surface area contributed by atoms with E-state index in [9.17, 15) is 31.9 Å². The van der Waals surface area contributed by atoms with Gasteiger partial charge in [0.25, 0.3) is 0 Å². The Morgan fingerprint density at radius 2 is 1.65 bits per heavy atom. The van der Waals surface area contributed by atoms with E-state index in [4.69, 9.17) is 9.84 Å². The highest BCUT2D eigenvalue weighted by Gasteiger charge is 2.46. The monoisotopic (exact) mass is 675 g/mol. The number of alkyl halides is 3. The second-order valence-electron chi connectivity index (χ2n) is 10.4. The lowest BCUT2D eigenvalue weighted by Crippen LogP contribution is -2.45. The third kappa shape index (κ3) is 6.85. The van der Waals surface area contributed by atoms with Crippen LogP contribution in [0.2, 0.25) is 0 Å². The Morgan fingerprint density at radius 1 is 0.957 bits per heavy atom. The third-order valence-electron chi connectivity index (χ3n) is 7.71. The number of aryl methyl sites for hydroxylation is 1. The van der Waals surface area contributed by atoms with Crippen molar-refractivity contribution in [2.45, 2.75) is 39.3 Å². The molecular weight excluding hydrogens is 643 g/mol. The summed E-state index contributed by atoms with van der Waals surface area (Å²) in [5.74, 6) is -4.37. The van der Waals surface area contributed by atoms with Crippen LogP contribution in [0.1, 0.15) is 69.3 Å². The summed E-state index contributed by atoms with van der Waals surface area (Å²) in [5, 5.41) is 4.73. The standard InChI is InChI=1S/C33H29F4N3O4.2H2S/c1-4-39-30-28(19(3)38-40(30)23-12-7-6-8-13-23)29(21-14-15-26(34)24(17-21)32(43)44-5-2)25(31(39)42)18-27(41)20-10-9-11-22(16-20)33(35,36)37;;/h6-17,25,29H,4-5,18H2,1-3H3;2*1H2/t25-,29+;;/m0../s1. The van der Waals surface area contributed by atoms with Gasteiger partial charge in [0, 0.05) is 30.0 Å². The number of ether oxygens (including phenoxy) is 1. The number of rotatable bonds is 8. The van der Waals surface area contributed by atoms with Crippen molar-refractivity contribution in [2.24, 2.45) is 5.92 Å². The maximum Gasteiger partial charge on any atom is 0.416 e. The van der Waals surface area contributed by atoms with E-state index in [1.165, 1.54) is 23.1 Å². The molecule has 0 spiro atoms. The summed E-state index contributed by atoms with van der Waals surface area (Å²) in [6, 6.07) is 17.0. The number of hydrogen-bond acceptors (Lipinski definition) is 5. The lowest BCUT2D eigenvalue weighted by molar-refractivity contribution is -0.137. The number of carbonyl (C=O) groups excluding carboxylic acids is 3. The van der Waals surface area contributed by atoms with Gasteiger partial charge in [-0.25, -0.2) is 13.9 Å². The van der Waals surface area contributed by atoms with Gasteiger partial charge in [0.15, 0.2) is 5.78 Å². The molecule has 0 saturated carbocycles. The van der Waals surface area contributed by atoms with Crippen LogP contribution >= 0.6 is 27.0 Å². The van der Waals surface area contributed by atoms with Crippen molar-refractivity contribution in [1.29, 1.82) is 0 Å². The molecule has 0 radical (unpaired) electrons. The predicted octanol–water partition coefficient (Wildman–Crippen LogP) is 7.13. The van der Waals surface area contributed by atoms with Crippen LogP contribution in [0.4, 0.5) is 23.4 Å². The van der Waals surface area contributed by atoms with Crippen molar-refractivity contribution < 1.29 is 36.7 Å². The molecule has 46 heavy (non-hydrogen) atoms. The van der Waals surface area contributed by atoms with Gasteiger partial charge in [-0.15, -0.1) is 0 Å². The van der Waals surface area contributed by atoms with Gasteiger partial charge in [0.1, 0.15) is 11.6 Å². The average molecular weight is 676 g/mol. The average Bonchev–Trinajstić information content (AvgIpc) is 3.34. The fourth-order valence-electron chi connectivity index (χ4n) is 5.75. The van der Waals surface area contributed by atoms with E-state index in [0.717, 1.165) is 24.3 Å². The van der Waals surface area contributed by atoms with Gasteiger partial charge in [0.05, 0.1) is 35.0 Å². The fourth-order valence-corrected chi connectivity index (χ4v) is 5.75. The first-order valence-corrected chi connectivity index (χ1v) is 14.1. The number of amides is 1. The van der Waals surface area contributed by atoms with E-state index in [1.807, 2.05) is 30.3 Å². The van der Waals surface area contributed by atoms with Crippen LogP contribution in [-0.2, 0) is 15.7 Å². The molecule has 3 aromatic carbocycles. The summed E-state index contributed by atoms with van der Waals surface area (Å²) in [4.78, 5) is 41.9. The largest absolute Gasteiger partial charge is 0.462 e. The van der Waals surface area contributed by atoms with Crippen LogP contribution in [0, 0.1) is 18.7 Å². The van der Waals surface area contributed by atoms with Gasteiger partial charge in [-0.3, -0.25) is 14.5 Å². The number of carbonyl (C=O) groups is 3. The lowest BCUT2D eigenvalue weighted by atomic mass is 9.74. The number of anilines is 1. The highest BCUT2D eigenvalue weighted by Crippen LogP contribution is 2.47. The zero-order valence-corrected chi connectivity index (χ0v) is 27.2. The SMILES string of the molecule is CCOC(=O)c1cc([C@H]2c3c(C)nn(-c4ccccc4)c3N(CC)C(=O)[C@H]2CC(=O)c2cccc(C(F)(F)F)c2)ccc1F.S.S. The van der Waals surface area contributed by atoms with Crippen molar-refractivity contribution in [3.63, 3.8) is 0 Å². The molecule has 13 heteroatoms. The van der Waals surface area contributed by atoms with E-state index in [0.29, 0.717) is 28.3 Å². The normalized spacial score (nSPS) is 15.8. The second-order valence-corrected chi connectivity index (χ2v) is 10.4. The number of fused-ring (bicyclic) bond motifs is 1. The van der Waals surface area contributed by atoms with Gasteiger partial charge in [-0.1, -0.05) is 36.4 Å². The number of ketones is 1. The Bertz CT molecular complexity index is 1740. The first-order chi connectivity index (χ1) is 21.0. The molecule has 2 atom stereocenters. The Labute approximate surface area is 277 Å². The number of aromatic nitrogens is 2. The molecule has 1 aliphatic heterocycles. The number of hydrogen-bond donors (Lipinski definition) is 0. The Kier molecular flexibility index (Phi) is 11.5. The summed E-state index contributed by atoms with van der Waals surface area (Å²) < 4.78 is 61.8. The Hall–Kier alpha value is -4.10. The smallest absolute Gasteiger partial charge is 0.416 e. The number of para-hydroxylation sites is 1. The molecule has 0 unspecified atom stereocenters. The van der Waals surface area contributed by atoms with Crippen LogP contribution in [0.3, 0.4) is 0 Å². The van der Waals surface area contributed by atoms with Crippen molar-refractivity contribution in [1.82, 2.24) is 9.78 Å². The summed E-state index contributed by atoms with van der Waals surface area (Å²) in [6.45, 7) is 5.32. The lowest BCUT2D eigenvalue weighted by Gasteiger charge is -2.38. The molecule has 0 N–H and O–H groups in total. The molecule has 5 rings (SSSR count). The van der Waals surface area contributed by atoms with Crippen molar-refractivity contribution >= 4 is 50.5 Å². The summed E-state index contributed by atoms with van der Waals surface area (Å²) in [6.07, 6.45) is -5.10. The molecule has 0 fully saturated rings. The molecule has 0 bridgehead atoms. The summed E-state index contributed by atoms with van der Waals surface area (Å²) in [7, 11) is 0. The van der Waals surface area contributed by atoms with Gasteiger partial charge in [-0.2, -0.15) is 45.3 Å². The van der Waals surface area contributed by atoms with Crippen LogP contribution in [0.25, 0.3) is 5.69 Å². The van der Waals surface area contributed by atoms with E-state index in [2.05, 4.69) is 0 Å². The quantitative estimate of drug-likeness (QED) is 0.113. The Balaban J connectivity index is 0.00000288. The maximum atomic E-state index is 14.8. The van der Waals surface area contributed by atoms with E-state index in [-0.39, 0.29) is 51.3 Å². The third-order valence-corrected chi connectivity index (χ3v) is 7.71. The number of benzene rings is 3. The molecule has 1 aromatic heterocycles. The van der Waals surface area contributed by atoms with Crippen LogP contribution < -0.4 is 4.90 Å². The van der Waals surface area contributed by atoms with Crippen LogP contribution in [0.15, 0.2) is 72.8 Å². The molecule has 244 valence electrons. The molecule has 2 heterocycles. The van der Waals surface area contributed by atoms with Gasteiger partial charge < -0.3 is 4.74 Å². The van der Waals surface area contributed by atoms with Crippen LogP contribution in [-0.4, -0.2) is 40.6 Å². The number of Topliss-reactive ketones (excluding diaryl/α,β-unsaturated/α-hetero) is 1. The van der Waals surface area contributed by atoms with Crippen molar-refractivity contribution in [3.05, 3.63) is 112 Å². The highest BCUT2D eigenvalue weighted by molar-refractivity contribution is 7.59. The second kappa shape index (κ2) is 14.5. The number of esters is 1. The molecule has 7 nitrogen and oxygen atoms in total. The first kappa shape index (κ1) is 36.4. The van der Waals surface area contributed by atoms with E-state index >= 15 is 0 Å². The van der Waals surface area contributed by atoms with Crippen molar-refractivity contribution in [2.75, 3.05) is 18.1 Å². The Morgan fingerprint density at radius 3 is 2.28 bits per heavy atom. The molecule has 1 amide bonds. The minimum atomic E-state index is -4.66. The van der Waals surface area contributed by atoms with Crippen molar-refractivity contribution in [3.8, 4) is 5.69 Å². The zero-order valence-electron chi connectivity index (χ0n) is 25.2. The number of halogens is 4. The summed E-state index contributed by atoms with van der Waals surface area (Å²) in [5.41, 5.74) is 0.626. The van der Waals surface area contributed by atoms with Gasteiger partial charge >= 0.3 is 12.1 Å². The summed E-state index contributed by atoms with van der Waals surface area (Å²) >= 11 is 0. The van der Waals surface area contributed by atoms with Gasteiger partial charge in [-0.05, 0) is 62.7 Å². The minimum absolute atomic E-state index is 0. The minimum Gasteiger partial charge on any atom is -0.462 e. The molecule has 4 aromatic rings. The van der Waals surface area contributed by atoms with E-state index < -0.39 is 53.5 Å². The first-order valence-electron chi connectivity index (χ1n) is 14.1.